The van der Waals surface area contributed by atoms with Crippen LogP contribution in [0.2, 0.25) is 0 Å². The molecule has 1 aromatic carbocycles. The summed E-state index contributed by atoms with van der Waals surface area (Å²) in [4.78, 5) is 12.0. The van der Waals surface area contributed by atoms with E-state index in [9.17, 15) is 4.79 Å². The lowest BCUT2D eigenvalue weighted by Crippen LogP contribution is -2.11. The molecule has 0 saturated carbocycles. The number of hydrogen-bond acceptors (Lipinski definition) is 4. The number of benzene rings is 1. The molecular formula is C14H12N2O3. The predicted octanol–water partition coefficient (Wildman–Crippen LogP) is 1.58. The van der Waals surface area contributed by atoms with Gasteiger partial charge in [0.1, 0.15) is 6.61 Å². The highest BCUT2D eigenvalue weighted by atomic mass is 16.5. The lowest BCUT2D eigenvalue weighted by molar-refractivity contribution is 0.102. The van der Waals surface area contributed by atoms with Gasteiger partial charge in [0.25, 0.3) is 5.91 Å². The number of nitrogens with zero attached hydrogens (tertiary/aromatic N) is 1. The molecule has 0 saturated heterocycles. The van der Waals surface area contributed by atoms with Crippen LogP contribution in [0.5, 0.6) is 0 Å². The maximum absolute atomic E-state index is 12.0. The van der Waals surface area contributed by atoms with E-state index in [0.717, 1.165) is 0 Å². The van der Waals surface area contributed by atoms with Crippen molar-refractivity contribution in [2.75, 3.05) is 11.9 Å². The minimum Gasteiger partial charge on any atom is -0.384 e. The Morgan fingerprint density at radius 2 is 2.32 bits per heavy atom. The van der Waals surface area contributed by atoms with Crippen LogP contribution in [0.1, 0.15) is 21.6 Å². The van der Waals surface area contributed by atoms with E-state index in [1.807, 2.05) is 0 Å². The fourth-order valence-electron chi connectivity index (χ4n) is 1.49. The van der Waals surface area contributed by atoms with Crippen molar-refractivity contribution >= 4 is 11.8 Å². The highest BCUT2D eigenvalue weighted by Gasteiger charge is 2.09. The van der Waals surface area contributed by atoms with Gasteiger partial charge < -0.3 is 9.63 Å². The van der Waals surface area contributed by atoms with Crippen molar-refractivity contribution in [1.29, 1.82) is 0 Å². The van der Waals surface area contributed by atoms with Gasteiger partial charge in [-0.15, -0.1) is 0 Å². The summed E-state index contributed by atoms with van der Waals surface area (Å²) < 4.78 is 4.91. The van der Waals surface area contributed by atoms with Crippen LogP contribution in [0.25, 0.3) is 0 Å². The lowest BCUT2D eigenvalue weighted by atomic mass is 10.1. The topological polar surface area (TPSA) is 75.4 Å². The van der Waals surface area contributed by atoms with Crippen molar-refractivity contribution in [2.24, 2.45) is 0 Å². The normalized spacial score (nSPS) is 9.58. The van der Waals surface area contributed by atoms with E-state index in [1.165, 1.54) is 0 Å². The lowest BCUT2D eigenvalue weighted by Gasteiger charge is -2.01. The van der Waals surface area contributed by atoms with E-state index in [1.54, 1.807) is 37.3 Å². The van der Waals surface area contributed by atoms with Crippen LogP contribution in [0, 0.1) is 18.8 Å². The quantitative estimate of drug-likeness (QED) is 0.800. The Hall–Kier alpha value is -2.58. The van der Waals surface area contributed by atoms with E-state index >= 15 is 0 Å². The van der Waals surface area contributed by atoms with E-state index in [-0.39, 0.29) is 12.5 Å². The number of aryl methyl sites for hydroxylation is 1. The standard InChI is InChI=1S/C14H12N2O3/c1-10-8-13(19-16-10)15-14(18)12-6-2-4-11(9-12)5-3-7-17/h2,4,6,8-9,17H,7H2,1H3,(H,15,18). The zero-order chi connectivity index (χ0) is 13.7. The molecule has 0 bridgehead atoms. The van der Waals surface area contributed by atoms with E-state index in [4.69, 9.17) is 9.63 Å². The largest absolute Gasteiger partial charge is 0.384 e. The Labute approximate surface area is 110 Å². The number of hydrogen-bond donors (Lipinski definition) is 2. The molecule has 96 valence electrons. The molecule has 0 aliphatic rings. The Morgan fingerprint density at radius 3 is 3.00 bits per heavy atom. The van der Waals surface area contributed by atoms with E-state index < -0.39 is 0 Å². The van der Waals surface area contributed by atoms with Gasteiger partial charge in [0, 0.05) is 17.2 Å². The van der Waals surface area contributed by atoms with Gasteiger partial charge >= 0.3 is 0 Å². The molecule has 0 radical (unpaired) electrons. The van der Waals surface area contributed by atoms with Crippen LogP contribution in [0.3, 0.4) is 0 Å². The number of nitrogens with one attached hydrogen (secondary N) is 1. The number of carbonyl (C=O) groups excluding carboxylic acids is 1. The summed E-state index contributed by atoms with van der Waals surface area (Å²) in [6.07, 6.45) is 0. The van der Waals surface area contributed by atoms with Gasteiger partial charge in [-0.05, 0) is 25.1 Å². The third-order valence-electron chi connectivity index (χ3n) is 2.30. The first-order valence-electron chi connectivity index (χ1n) is 5.63. The number of aliphatic hydroxyl groups excluding tert-OH is 1. The average Bonchev–Trinajstić information content (AvgIpc) is 2.82. The molecule has 1 amide bonds. The van der Waals surface area contributed by atoms with Crippen molar-refractivity contribution in [3.05, 3.63) is 47.2 Å². The van der Waals surface area contributed by atoms with Gasteiger partial charge in [0.05, 0.1) is 5.69 Å². The van der Waals surface area contributed by atoms with Crippen LogP contribution in [0.4, 0.5) is 5.88 Å². The molecule has 0 fully saturated rings. The molecule has 1 aromatic heterocycles. The summed E-state index contributed by atoms with van der Waals surface area (Å²) >= 11 is 0. The maximum atomic E-state index is 12.0. The SMILES string of the molecule is Cc1cc(NC(=O)c2cccc(C#CCO)c2)on1. The van der Waals surface area contributed by atoms with Crippen molar-refractivity contribution in [1.82, 2.24) is 5.16 Å². The second-order valence-corrected chi connectivity index (χ2v) is 3.83. The molecule has 5 heteroatoms. The second kappa shape index (κ2) is 5.85. The highest BCUT2D eigenvalue weighted by molar-refractivity contribution is 6.03. The summed E-state index contributed by atoms with van der Waals surface area (Å²) in [6, 6.07) is 8.43. The molecule has 2 rings (SSSR count). The number of rotatable bonds is 2. The maximum Gasteiger partial charge on any atom is 0.258 e. The van der Waals surface area contributed by atoms with Crippen molar-refractivity contribution in [3.8, 4) is 11.8 Å². The Kier molecular flexibility index (Phi) is 3.96. The molecule has 0 aliphatic heterocycles. The van der Waals surface area contributed by atoms with Gasteiger partial charge in [0.15, 0.2) is 0 Å². The van der Waals surface area contributed by atoms with Crippen LogP contribution >= 0.6 is 0 Å². The zero-order valence-electron chi connectivity index (χ0n) is 10.3. The van der Waals surface area contributed by atoms with Crippen LogP contribution in [-0.4, -0.2) is 22.8 Å². The highest BCUT2D eigenvalue weighted by Crippen LogP contribution is 2.11. The number of anilines is 1. The first-order chi connectivity index (χ1) is 9.19. The summed E-state index contributed by atoms with van der Waals surface area (Å²) in [7, 11) is 0. The Balaban J connectivity index is 2.15. The Morgan fingerprint density at radius 1 is 1.47 bits per heavy atom. The van der Waals surface area contributed by atoms with Crippen LogP contribution in [-0.2, 0) is 0 Å². The average molecular weight is 256 g/mol. The summed E-state index contributed by atoms with van der Waals surface area (Å²) in [5.41, 5.74) is 1.81. The number of aliphatic hydroxyl groups is 1. The molecule has 1 heterocycles. The van der Waals surface area contributed by atoms with Crippen LogP contribution in [0.15, 0.2) is 34.9 Å². The van der Waals surface area contributed by atoms with Gasteiger partial charge in [-0.25, -0.2) is 0 Å². The fraction of sp³-hybridized carbons (Fsp3) is 0.143. The Bertz CT molecular complexity index is 650. The zero-order valence-corrected chi connectivity index (χ0v) is 10.3. The van der Waals surface area contributed by atoms with Gasteiger partial charge in [-0.3, -0.25) is 10.1 Å². The molecule has 2 N–H and O–H groups in total. The molecule has 0 atom stereocenters. The molecule has 0 aliphatic carbocycles. The minimum absolute atomic E-state index is 0.215. The third-order valence-corrected chi connectivity index (χ3v) is 2.30. The smallest absolute Gasteiger partial charge is 0.258 e. The number of aromatic nitrogens is 1. The molecule has 5 nitrogen and oxygen atoms in total. The number of amides is 1. The predicted molar refractivity (Wildman–Crippen MR) is 69.6 cm³/mol. The fourth-order valence-corrected chi connectivity index (χ4v) is 1.49. The first-order valence-corrected chi connectivity index (χ1v) is 5.63. The van der Waals surface area contributed by atoms with Crippen molar-refractivity contribution in [2.45, 2.75) is 6.92 Å². The molecule has 0 spiro atoms. The molecule has 2 aromatic rings. The third kappa shape index (κ3) is 3.44. The van der Waals surface area contributed by atoms with E-state index in [0.29, 0.717) is 22.7 Å². The summed E-state index contributed by atoms with van der Waals surface area (Å²) in [6.45, 7) is 1.55. The van der Waals surface area contributed by atoms with Crippen molar-refractivity contribution < 1.29 is 14.4 Å². The minimum atomic E-state index is -0.302. The van der Waals surface area contributed by atoms with Gasteiger partial charge in [0.2, 0.25) is 5.88 Å². The summed E-state index contributed by atoms with van der Waals surface area (Å²) in [5, 5.41) is 14.9. The van der Waals surface area contributed by atoms with Gasteiger partial charge in [-0.2, -0.15) is 0 Å². The molecule has 19 heavy (non-hydrogen) atoms. The van der Waals surface area contributed by atoms with Gasteiger partial charge in [-0.1, -0.05) is 23.1 Å². The van der Waals surface area contributed by atoms with Crippen LogP contribution < -0.4 is 5.32 Å². The van der Waals surface area contributed by atoms with Crippen molar-refractivity contribution in [3.63, 3.8) is 0 Å². The van der Waals surface area contributed by atoms with E-state index in [2.05, 4.69) is 22.3 Å². The first kappa shape index (κ1) is 12.9. The second-order valence-electron chi connectivity index (χ2n) is 3.83. The molecular weight excluding hydrogens is 244 g/mol. The summed E-state index contributed by atoms with van der Waals surface area (Å²) in [5.74, 6) is 5.27. The monoisotopic (exact) mass is 256 g/mol. The molecule has 0 unspecified atom stereocenters. The number of carbonyl (C=O) groups is 1.